The lowest BCUT2D eigenvalue weighted by molar-refractivity contribution is 1.09. The summed E-state index contributed by atoms with van der Waals surface area (Å²) in [4.78, 5) is 9.75. The summed E-state index contributed by atoms with van der Waals surface area (Å²) in [6.07, 6.45) is 2.78. The van der Waals surface area contributed by atoms with Crippen LogP contribution in [0.5, 0.6) is 0 Å². The Hall–Kier alpha value is -0.960. The molecular formula is C10H14N2S. The second-order valence-corrected chi connectivity index (χ2v) is 3.50. The lowest BCUT2D eigenvalue weighted by Crippen LogP contribution is -1.92. The Morgan fingerprint density at radius 1 is 1.54 bits per heavy atom. The van der Waals surface area contributed by atoms with Gasteiger partial charge in [-0.25, -0.2) is 4.99 Å². The largest absolute Gasteiger partial charge is 0.271 e. The Morgan fingerprint density at radius 2 is 2.38 bits per heavy atom. The molecule has 0 aliphatic heterocycles. The second-order valence-electron chi connectivity index (χ2n) is 2.52. The molecule has 0 saturated heterocycles. The lowest BCUT2D eigenvalue weighted by Gasteiger charge is -1.93. The maximum Gasteiger partial charge on any atom is 0.122 e. The third-order valence-corrected chi connectivity index (χ3v) is 2.35. The summed E-state index contributed by atoms with van der Waals surface area (Å²) in [5.41, 5.74) is 0. The first kappa shape index (κ1) is 10.1. The van der Waals surface area contributed by atoms with Crippen LogP contribution in [-0.4, -0.2) is 18.6 Å². The first-order valence-corrected chi connectivity index (χ1v) is 5.35. The molecule has 1 aromatic heterocycles. The molecule has 0 saturated carbocycles. The van der Waals surface area contributed by atoms with E-state index < -0.39 is 0 Å². The molecule has 1 rings (SSSR count). The van der Waals surface area contributed by atoms with Crippen LogP contribution in [-0.2, 0) is 0 Å². The highest BCUT2D eigenvalue weighted by Crippen LogP contribution is 2.05. The summed E-state index contributed by atoms with van der Waals surface area (Å²) < 4.78 is 0. The number of rotatable bonds is 3. The molecule has 1 heterocycles. The molecule has 0 atom stereocenters. The second kappa shape index (κ2) is 5.65. The zero-order valence-corrected chi connectivity index (χ0v) is 8.84. The van der Waals surface area contributed by atoms with Gasteiger partial charge in [0.05, 0.1) is 0 Å². The van der Waals surface area contributed by atoms with Crippen molar-refractivity contribution in [3.8, 4) is 0 Å². The molecule has 1 aromatic rings. The summed E-state index contributed by atoms with van der Waals surface area (Å²) in [6.45, 7) is 4.90. The number of aliphatic imine (C=N–C) groups is 2. The van der Waals surface area contributed by atoms with Crippen LogP contribution < -0.4 is 0 Å². The Bertz CT molecular complexity index is 286. The van der Waals surface area contributed by atoms with Crippen molar-refractivity contribution in [3.05, 3.63) is 22.4 Å². The van der Waals surface area contributed by atoms with E-state index in [1.165, 1.54) is 4.88 Å². The van der Waals surface area contributed by atoms with Crippen molar-refractivity contribution in [2.24, 2.45) is 9.98 Å². The Labute approximate surface area is 83.1 Å². The summed E-state index contributed by atoms with van der Waals surface area (Å²) in [5.74, 6) is 0.927. The minimum absolute atomic E-state index is 0.810. The van der Waals surface area contributed by atoms with Crippen LogP contribution in [0.25, 0.3) is 0 Å². The predicted octanol–water partition coefficient (Wildman–Crippen LogP) is 3.00. The van der Waals surface area contributed by atoms with Crippen molar-refractivity contribution in [3.63, 3.8) is 0 Å². The Balaban J connectivity index is 2.61. The van der Waals surface area contributed by atoms with Gasteiger partial charge in [-0.05, 0) is 18.4 Å². The van der Waals surface area contributed by atoms with Crippen molar-refractivity contribution < 1.29 is 0 Å². The van der Waals surface area contributed by atoms with Crippen LogP contribution in [0.3, 0.4) is 0 Å². The minimum atomic E-state index is 0.810. The number of thiophene rings is 1. The van der Waals surface area contributed by atoms with Gasteiger partial charge in [0.25, 0.3) is 0 Å². The number of hydrogen-bond acceptors (Lipinski definition) is 2. The van der Waals surface area contributed by atoms with Gasteiger partial charge in [-0.15, -0.1) is 11.3 Å². The van der Waals surface area contributed by atoms with Gasteiger partial charge in [-0.2, -0.15) is 0 Å². The highest BCUT2D eigenvalue weighted by molar-refractivity contribution is 7.11. The van der Waals surface area contributed by atoms with E-state index >= 15 is 0 Å². The van der Waals surface area contributed by atoms with Crippen LogP contribution in [0.2, 0.25) is 0 Å². The highest BCUT2D eigenvalue weighted by Gasteiger charge is 1.90. The molecule has 0 unspecified atom stereocenters. The van der Waals surface area contributed by atoms with Crippen LogP contribution in [0.4, 0.5) is 0 Å². The summed E-state index contributed by atoms with van der Waals surface area (Å²) in [7, 11) is 0. The number of hydrogen-bond donors (Lipinski definition) is 0. The summed E-state index contributed by atoms with van der Waals surface area (Å²) in [5, 5.41) is 2.05. The van der Waals surface area contributed by atoms with E-state index in [0.29, 0.717) is 0 Å². The van der Waals surface area contributed by atoms with Gasteiger partial charge in [-0.3, -0.25) is 4.99 Å². The van der Waals surface area contributed by atoms with Crippen LogP contribution in [0.1, 0.15) is 25.1 Å². The van der Waals surface area contributed by atoms with E-state index in [1.807, 2.05) is 30.7 Å². The molecule has 0 aliphatic rings. The quantitative estimate of drug-likeness (QED) is 0.522. The first-order valence-electron chi connectivity index (χ1n) is 4.47. The molecule has 0 N–H and O–H groups in total. The minimum Gasteiger partial charge on any atom is -0.271 e. The fraction of sp³-hybridized carbons (Fsp3) is 0.400. The standard InChI is InChI=1S/C10H14N2S/c1-3-10(11-4-2)12-8-9-6-5-7-13-9/h5-8H,3-4H2,1-2H3. The maximum absolute atomic E-state index is 4.31. The topological polar surface area (TPSA) is 24.7 Å². The molecule has 0 spiro atoms. The van der Waals surface area contributed by atoms with Crippen molar-refractivity contribution in [1.82, 2.24) is 0 Å². The maximum atomic E-state index is 4.31. The molecule has 0 amide bonds. The third-order valence-electron chi connectivity index (χ3n) is 1.54. The van der Waals surface area contributed by atoms with Gasteiger partial charge in [0.15, 0.2) is 0 Å². The van der Waals surface area contributed by atoms with Gasteiger partial charge >= 0.3 is 0 Å². The fourth-order valence-electron chi connectivity index (χ4n) is 0.929. The van der Waals surface area contributed by atoms with Crippen molar-refractivity contribution in [2.45, 2.75) is 20.3 Å². The molecule has 3 heteroatoms. The van der Waals surface area contributed by atoms with Crippen LogP contribution >= 0.6 is 11.3 Å². The molecule has 2 nitrogen and oxygen atoms in total. The summed E-state index contributed by atoms with van der Waals surface area (Å²) >= 11 is 1.69. The van der Waals surface area contributed by atoms with E-state index in [0.717, 1.165) is 18.8 Å². The normalized spacial score (nSPS) is 12.6. The Kier molecular flexibility index (Phi) is 4.40. The molecule has 0 radical (unpaired) electrons. The monoisotopic (exact) mass is 194 g/mol. The van der Waals surface area contributed by atoms with E-state index in [4.69, 9.17) is 0 Å². The van der Waals surface area contributed by atoms with Gasteiger partial charge in [0.2, 0.25) is 0 Å². The zero-order valence-electron chi connectivity index (χ0n) is 8.03. The SMILES string of the molecule is CCN=C(CC)N=Cc1cccs1. The van der Waals surface area contributed by atoms with E-state index in [2.05, 4.69) is 16.9 Å². The van der Waals surface area contributed by atoms with Gasteiger partial charge in [0.1, 0.15) is 5.84 Å². The summed E-state index contributed by atoms with van der Waals surface area (Å²) in [6, 6.07) is 4.07. The average Bonchev–Trinajstić information content (AvgIpc) is 2.64. The third kappa shape index (κ3) is 3.51. The van der Waals surface area contributed by atoms with E-state index in [1.54, 1.807) is 11.3 Å². The average molecular weight is 194 g/mol. The predicted molar refractivity (Wildman–Crippen MR) is 60.2 cm³/mol. The van der Waals surface area contributed by atoms with E-state index in [-0.39, 0.29) is 0 Å². The van der Waals surface area contributed by atoms with Crippen molar-refractivity contribution in [2.75, 3.05) is 6.54 Å². The smallest absolute Gasteiger partial charge is 0.122 e. The van der Waals surface area contributed by atoms with Gasteiger partial charge in [-0.1, -0.05) is 13.0 Å². The van der Waals surface area contributed by atoms with Gasteiger partial charge < -0.3 is 0 Å². The zero-order chi connectivity index (χ0) is 9.52. The van der Waals surface area contributed by atoms with E-state index in [9.17, 15) is 0 Å². The van der Waals surface area contributed by atoms with Crippen LogP contribution in [0.15, 0.2) is 27.5 Å². The fourth-order valence-corrected chi connectivity index (χ4v) is 1.51. The Morgan fingerprint density at radius 3 is 2.92 bits per heavy atom. The van der Waals surface area contributed by atoms with Crippen LogP contribution in [0, 0.1) is 0 Å². The van der Waals surface area contributed by atoms with Gasteiger partial charge in [0, 0.05) is 24.1 Å². The molecule has 0 fully saturated rings. The number of nitrogens with zero attached hydrogens (tertiary/aromatic N) is 2. The highest BCUT2D eigenvalue weighted by atomic mass is 32.1. The molecular weight excluding hydrogens is 180 g/mol. The lowest BCUT2D eigenvalue weighted by atomic mass is 10.4. The molecule has 70 valence electrons. The molecule has 0 aromatic carbocycles. The molecule has 0 aliphatic carbocycles. The molecule has 0 bridgehead atoms. The first-order chi connectivity index (χ1) is 6.36. The molecule has 13 heavy (non-hydrogen) atoms. The number of amidine groups is 1. The van der Waals surface area contributed by atoms with Crippen molar-refractivity contribution >= 4 is 23.4 Å². The van der Waals surface area contributed by atoms with Crippen molar-refractivity contribution in [1.29, 1.82) is 0 Å².